The quantitative estimate of drug-likeness (QED) is 0.267. The minimum absolute atomic E-state index is 0.127. The van der Waals surface area contributed by atoms with Crippen molar-refractivity contribution in [1.29, 1.82) is 0 Å². The normalized spacial score (nSPS) is 12.2. The van der Waals surface area contributed by atoms with E-state index in [0.717, 1.165) is 5.56 Å². The van der Waals surface area contributed by atoms with Crippen LogP contribution in [0.2, 0.25) is 5.02 Å². The number of pyridine rings is 2. The second kappa shape index (κ2) is 11.8. The van der Waals surface area contributed by atoms with Crippen molar-refractivity contribution < 1.29 is 23.5 Å². The van der Waals surface area contributed by atoms with Gasteiger partial charge < -0.3 is 25.0 Å². The molecule has 0 unspecified atom stereocenters. The molecule has 9 nitrogen and oxygen atoms in total. The van der Waals surface area contributed by atoms with Gasteiger partial charge in [-0.1, -0.05) is 17.7 Å². The number of methoxy groups -OCH3 is 2. The van der Waals surface area contributed by atoms with Gasteiger partial charge in [0.2, 0.25) is 0 Å². The van der Waals surface area contributed by atoms with Gasteiger partial charge in [0.1, 0.15) is 23.1 Å². The number of anilines is 2. The smallest absolute Gasteiger partial charge is 0.258 e. The molecular weight excluding hydrogens is 549 g/mol. The highest BCUT2D eigenvalue weighted by molar-refractivity contribution is 6.33. The van der Waals surface area contributed by atoms with Crippen LogP contribution in [-0.2, 0) is 13.1 Å². The van der Waals surface area contributed by atoms with Crippen LogP contribution in [-0.4, -0.2) is 47.4 Å². The molecule has 1 aliphatic rings. The summed E-state index contributed by atoms with van der Waals surface area (Å²) in [6.45, 7) is 2.75. The molecule has 0 saturated carbocycles. The van der Waals surface area contributed by atoms with Crippen molar-refractivity contribution in [3.8, 4) is 22.8 Å². The standard InChI is InChI=1S/C30H27ClFN5O4/c1-4-33-29(38)17-9-11-26(34-14-17)36-23-13-22(27-20(31)6-5-7-21(27)32)35-24-16-37(30(39)28(23)24)15-18-8-10-19(40-2)12-25(18)41-3/h5-14H,4,15-16H2,1-3H3,(H,33,38)(H,34,35,36). The Morgan fingerprint density at radius 3 is 2.61 bits per heavy atom. The van der Waals surface area contributed by atoms with E-state index in [1.165, 1.54) is 18.3 Å². The van der Waals surface area contributed by atoms with Gasteiger partial charge in [-0.2, -0.15) is 0 Å². The highest BCUT2D eigenvalue weighted by atomic mass is 35.5. The summed E-state index contributed by atoms with van der Waals surface area (Å²) >= 11 is 6.37. The SMILES string of the molecule is CCNC(=O)c1ccc(Nc2cc(-c3c(F)cccc3Cl)nc3c2C(=O)N(Cc2ccc(OC)cc2OC)C3)nc1. The molecule has 0 bridgehead atoms. The van der Waals surface area contributed by atoms with Gasteiger partial charge >= 0.3 is 0 Å². The van der Waals surface area contributed by atoms with Gasteiger partial charge in [-0.3, -0.25) is 9.59 Å². The minimum Gasteiger partial charge on any atom is -0.497 e. The van der Waals surface area contributed by atoms with Crippen molar-refractivity contribution in [2.45, 2.75) is 20.0 Å². The van der Waals surface area contributed by atoms with E-state index in [0.29, 0.717) is 46.4 Å². The first kappa shape index (κ1) is 27.9. The second-order valence-corrected chi connectivity index (χ2v) is 9.64. The highest BCUT2D eigenvalue weighted by Crippen LogP contribution is 2.38. The van der Waals surface area contributed by atoms with E-state index < -0.39 is 5.82 Å². The first-order valence-electron chi connectivity index (χ1n) is 12.8. The molecule has 11 heteroatoms. The monoisotopic (exact) mass is 575 g/mol. The van der Waals surface area contributed by atoms with Crippen molar-refractivity contribution in [1.82, 2.24) is 20.2 Å². The van der Waals surface area contributed by atoms with Gasteiger partial charge in [-0.25, -0.2) is 14.4 Å². The van der Waals surface area contributed by atoms with Crippen LogP contribution in [0.1, 0.15) is 38.9 Å². The lowest BCUT2D eigenvalue weighted by Crippen LogP contribution is -2.24. The molecule has 5 rings (SSSR count). The Kier molecular flexibility index (Phi) is 8.02. The number of halogens is 2. The fourth-order valence-corrected chi connectivity index (χ4v) is 4.91. The van der Waals surface area contributed by atoms with Crippen LogP contribution in [0.25, 0.3) is 11.3 Å². The lowest BCUT2D eigenvalue weighted by atomic mass is 10.1. The summed E-state index contributed by atoms with van der Waals surface area (Å²) in [5, 5.41) is 6.08. The maximum absolute atomic E-state index is 14.9. The Morgan fingerprint density at radius 1 is 1.10 bits per heavy atom. The van der Waals surface area contributed by atoms with Crippen LogP contribution in [0.4, 0.5) is 15.9 Å². The lowest BCUT2D eigenvalue weighted by Gasteiger charge is -2.18. The predicted octanol–water partition coefficient (Wildman–Crippen LogP) is 5.60. The molecule has 0 fully saturated rings. The van der Waals surface area contributed by atoms with Crippen molar-refractivity contribution in [3.63, 3.8) is 0 Å². The molecular formula is C30H27ClFN5O4. The van der Waals surface area contributed by atoms with Crippen LogP contribution in [0.5, 0.6) is 11.5 Å². The van der Waals surface area contributed by atoms with Crippen molar-refractivity contribution in [2.75, 3.05) is 26.1 Å². The van der Waals surface area contributed by atoms with Crippen LogP contribution < -0.4 is 20.1 Å². The highest BCUT2D eigenvalue weighted by Gasteiger charge is 2.33. The van der Waals surface area contributed by atoms with E-state index >= 15 is 0 Å². The van der Waals surface area contributed by atoms with Gasteiger partial charge in [-0.05, 0) is 49.4 Å². The maximum Gasteiger partial charge on any atom is 0.258 e. The van der Waals surface area contributed by atoms with E-state index in [2.05, 4.69) is 20.6 Å². The van der Waals surface area contributed by atoms with E-state index in [-0.39, 0.29) is 41.2 Å². The number of nitrogens with zero attached hydrogens (tertiary/aromatic N) is 3. The Labute approximate surface area is 241 Å². The molecule has 0 atom stereocenters. The summed E-state index contributed by atoms with van der Waals surface area (Å²) in [6.07, 6.45) is 1.44. The van der Waals surface area contributed by atoms with Crippen LogP contribution >= 0.6 is 11.6 Å². The first-order chi connectivity index (χ1) is 19.8. The minimum atomic E-state index is -0.538. The Hall–Kier alpha value is -4.70. The fourth-order valence-electron chi connectivity index (χ4n) is 4.65. The molecule has 1 aliphatic heterocycles. The van der Waals surface area contributed by atoms with E-state index in [1.54, 1.807) is 55.5 Å². The third kappa shape index (κ3) is 5.64. The predicted molar refractivity (Wildman–Crippen MR) is 153 cm³/mol. The van der Waals surface area contributed by atoms with Gasteiger partial charge in [0, 0.05) is 24.4 Å². The molecule has 2 aromatic carbocycles. The number of hydrogen-bond acceptors (Lipinski definition) is 7. The lowest BCUT2D eigenvalue weighted by molar-refractivity contribution is 0.0765. The summed E-state index contributed by atoms with van der Waals surface area (Å²) in [6, 6.07) is 14.6. The average molecular weight is 576 g/mol. The Bertz CT molecular complexity index is 1610. The zero-order valence-electron chi connectivity index (χ0n) is 22.6. The second-order valence-electron chi connectivity index (χ2n) is 9.23. The third-order valence-corrected chi connectivity index (χ3v) is 6.95. The number of amides is 2. The number of aromatic nitrogens is 2. The number of rotatable bonds is 9. The van der Waals surface area contributed by atoms with Gasteiger partial charge in [0.15, 0.2) is 0 Å². The largest absolute Gasteiger partial charge is 0.497 e. The number of hydrogen-bond donors (Lipinski definition) is 2. The molecule has 0 aliphatic carbocycles. The molecule has 2 N–H and O–H groups in total. The van der Waals surface area contributed by atoms with Crippen molar-refractivity contribution in [3.05, 3.63) is 94.0 Å². The van der Waals surface area contributed by atoms with Crippen LogP contribution in [0.3, 0.4) is 0 Å². The van der Waals surface area contributed by atoms with Crippen molar-refractivity contribution >= 4 is 34.9 Å². The molecule has 2 aromatic heterocycles. The molecule has 3 heterocycles. The molecule has 4 aromatic rings. The average Bonchev–Trinajstić information content (AvgIpc) is 3.28. The van der Waals surface area contributed by atoms with E-state index in [4.69, 9.17) is 21.1 Å². The Balaban J connectivity index is 1.53. The molecule has 41 heavy (non-hydrogen) atoms. The molecule has 0 saturated heterocycles. The Morgan fingerprint density at radius 2 is 1.93 bits per heavy atom. The zero-order valence-corrected chi connectivity index (χ0v) is 23.4. The molecule has 0 radical (unpaired) electrons. The van der Waals surface area contributed by atoms with E-state index in [1.807, 2.05) is 13.0 Å². The topological polar surface area (TPSA) is 106 Å². The summed E-state index contributed by atoms with van der Waals surface area (Å²) in [4.78, 5) is 36.5. The first-order valence-corrected chi connectivity index (χ1v) is 13.2. The number of fused-ring (bicyclic) bond motifs is 1. The molecule has 2 amide bonds. The van der Waals surface area contributed by atoms with Gasteiger partial charge in [0.05, 0.1) is 66.1 Å². The van der Waals surface area contributed by atoms with Gasteiger partial charge in [-0.15, -0.1) is 0 Å². The number of benzene rings is 2. The summed E-state index contributed by atoms with van der Waals surface area (Å²) in [5.74, 6) is 0.553. The summed E-state index contributed by atoms with van der Waals surface area (Å²) in [7, 11) is 3.12. The van der Waals surface area contributed by atoms with Crippen LogP contribution in [0.15, 0.2) is 60.8 Å². The maximum atomic E-state index is 14.9. The number of carbonyl (C=O) groups is 2. The number of carbonyl (C=O) groups excluding carboxylic acids is 2. The summed E-state index contributed by atoms with van der Waals surface area (Å²) in [5.41, 5.74) is 2.75. The fraction of sp³-hybridized carbons (Fsp3) is 0.200. The number of ether oxygens (including phenoxy) is 2. The molecule has 210 valence electrons. The molecule has 0 spiro atoms. The number of nitrogens with one attached hydrogen (secondary N) is 2. The van der Waals surface area contributed by atoms with Gasteiger partial charge in [0.25, 0.3) is 11.8 Å². The van der Waals surface area contributed by atoms with Crippen LogP contribution in [0, 0.1) is 5.82 Å². The van der Waals surface area contributed by atoms with Crippen molar-refractivity contribution in [2.24, 2.45) is 0 Å². The zero-order chi connectivity index (χ0) is 29.1. The van der Waals surface area contributed by atoms with E-state index in [9.17, 15) is 14.0 Å². The third-order valence-electron chi connectivity index (χ3n) is 6.64. The summed E-state index contributed by atoms with van der Waals surface area (Å²) < 4.78 is 25.7.